The van der Waals surface area contributed by atoms with Crippen LogP contribution in [0.2, 0.25) is 0 Å². The summed E-state index contributed by atoms with van der Waals surface area (Å²) < 4.78 is 35.9. The number of nitrogens with zero attached hydrogens (tertiary/aromatic N) is 1. The van der Waals surface area contributed by atoms with E-state index in [-0.39, 0.29) is 5.91 Å². The van der Waals surface area contributed by atoms with Crippen LogP contribution in [-0.4, -0.2) is 46.2 Å². The second kappa shape index (κ2) is 7.48. The Morgan fingerprint density at radius 3 is 2.37 bits per heavy atom. The fourth-order valence-electron chi connectivity index (χ4n) is 3.17. The molecule has 7 nitrogen and oxygen atoms in total. The molecular formula is C19H22N2O5S. The van der Waals surface area contributed by atoms with Crippen LogP contribution in [0.4, 0.5) is 5.69 Å². The van der Waals surface area contributed by atoms with Crippen LogP contribution in [0.15, 0.2) is 36.4 Å². The van der Waals surface area contributed by atoms with Crippen LogP contribution in [0.25, 0.3) is 0 Å². The zero-order chi connectivity index (χ0) is 19.6. The first kappa shape index (κ1) is 19.0. The van der Waals surface area contributed by atoms with E-state index in [0.29, 0.717) is 42.3 Å². The summed E-state index contributed by atoms with van der Waals surface area (Å²) in [7, 11) is -0.222. The average Bonchev–Trinajstić information content (AvgIpc) is 2.64. The van der Waals surface area contributed by atoms with Crippen molar-refractivity contribution in [3.8, 4) is 11.5 Å². The van der Waals surface area contributed by atoms with Crippen LogP contribution in [0.3, 0.4) is 0 Å². The molecule has 0 radical (unpaired) electrons. The molecule has 1 heterocycles. The van der Waals surface area contributed by atoms with Gasteiger partial charge in [-0.2, -0.15) is 0 Å². The van der Waals surface area contributed by atoms with Crippen molar-refractivity contribution in [2.45, 2.75) is 13.0 Å². The van der Waals surface area contributed by atoms with Crippen LogP contribution in [0.1, 0.15) is 21.5 Å². The Bertz CT molecular complexity index is 972. The zero-order valence-corrected chi connectivity index (χ0v) is 16.3. The molecule has 2 aromatic carbocycles. The van der Waals surface area contributed by atoms with E-state index in [1.54, 1.807) is 43.4 Å². The van der Waals surface area contributed by atoms with E-state index < -0.39 is 10.0 Å². The Morgan fingerprint density at radius 1 is 1.07 bits per heavy atom. The summed E-state index contributed by atoms with van der Waals surface area (Å²) >= 11 is 0. The van der Waals surface area contributed by atoms with Gasteiger partial charge in [-0.1, -0.05) is 6.07 Å². The molecule has 0 atom stereocenters. The van der Waals surface area contributed by atoms with Crippen LogP contribution in [0.5, 0.6) is 11.5 Å². The van der Waals surface area contributed by atoms with Crippen LogP contribution < -0.4 is 14.2 Å². The highest BCUT2D eigenvalue weighted by atomic mass is 32.2. The van der Waals surface area contributed by atoms with Crippen molar-refractivity contribution in [3.63, 3.8) is 0 Å². The van der Waals surface area contributed by atoms with Crippen LogP contribution >= 0.6 is 0 Å². The molecule has 1 aliphatic heterocycles. The quantitative estimate of drug-likeness (QED) is 0.847. The number of carbonyl (C=O) groups excluding carboxylic acids is 1. The lowest BCUT2D eigenvalue weighted by molar-refractivity contribution is 0.0734. The summed E-state index contributed by atoms with van der Waals surface area (Å²) in [6, 6.07) is 10.3. The number of methoxy groups -OCH3 is 2. The number of fused-ring (bicyclic) bond motifs is 1. The van der Waals surface area contributed by atoms with Gasteiger partial charge in [0.15, 0.2) is 11.5 Å². The second-order valence-corrected chi connectivity index (χ2v) is 8.16. The molecular weight excluding hydrogens is 368 g/mol. The molecule has 2 aromatic rings. The lowest BCUT2D eigenvalue weighted by atomic mass is 9.98. The number of benzene rings is 2. The maximum Gasteiger partial charge on any atom is 0.254 e. The molecule has 1 N–H and O–H groups in total. The van der Waals surface area contributed by atoms with E-state index in [4.69, 9.17) is 9.47 Å². The van der Waals surface area contributed by atoms with E-state index in [1.807, 2.05) is 12.1 Å². The Kier molecular flexibility index (Phi) is 5.27. The van der Waals surface area contributed by atoms with Gasteiger partial charge in [0.05, 0.1) is 20.5 Å². The highest BCUT2D eigenvalue weighted by Gasteiger charge is 2.24. The number of rotatable bonds is 5. The predicted molar refractivity (Wildman–Crippen MR) is 103 cm³/mol. The number of hydrogen-bond donors (Lipinski definition) is 1. The minimum atomic E-state index is -3.40. The van der Waals surface area contributed by atoms with E-state index in [0.717, 1.165) is 17.4 Å². The summed E-state index contributed by atoms with van der Waals surface area (Å²) in [6.07, 6.45) is 1.79. The Labute approximate surface area is 158 Å². The normalized spacial score (nSPS) is 13.7. The predicted octanol–water partition coefficient (Wildman–Crippen LogP) is 2.27. The summed E-state index contributed by atoms with van der Waals surface area (Å²) in [4.78, 5) is 14.6. The van der Waals surface area contributed by atoms with E-state index in [2.05, 4.69) is 4.72 Å². The largest absolute Gasteiger partial charge is 0.493 e. The van der Waals surface area contributed by atoms with Crippen LogP contribution in [0, 0.1) is 0 Å². The van der Waals surface area contributed by atoms with Crippen molar-refractivity contribution in [1.82, 2.24) is 4.90 Å². The van der Waals surface area contributed by atoms with Gasteiger partial charge in [-0.3, -0.25) is 9.52 Å². The first-order valence-corrected chi connectivity index (χ1v) is 10.3. The van der Waals surface area contributed by atoms with Crippen molar-refractivity contribution >= 4 is 21.6 Å². The summed E-state index contributed by atoms with van der Waals surface area (Å²) in [5.41, 5.74) is 2.95. The molecule has 8 heteroatoms. The standard InChI is InChI=1S/C19H22N2O5S/c1-25-17-10-13-7-8-21(12-15(13)11-18(17)26-2)19(22)14-5-4-6-16(9-14)20-27(3,23)24/h4-6,9-11,20H,7-8,12H2,1-3H3. The monoisotopic (exact) mass is 390 g/mol. The van der Waals surface area contributed by atoms with Gasteiger partial charge in [-0.05, 0) is 47.9 Å². The third-order valence-corrected chi connectivity index (χ3v) is 5.02. The first-order chi connectivity index (χ1) is 12.8. The maximum absolute atomic E-state index is 12.9. The van der Waals surface area contributed by atoms with Gasteiger partial charge in [0.25, 0.3) is 5.91 Å². The molecule has 0 aromatic heterocycles. The van der Waals surface area contributed by atoms with Gasteiger partial charge in [-0.15, -0.1) is 0 Å². The van der Waals surface area contributed by atoms with Gasteiger partial charge in [0, 0.05) is 24.3 Å². The van der Waals surface area contributed by atoms with Gasteiger partial charge in [0.1, 0.15) is 0 Å². The molecule has 3 rings (SSSR count). The van der Waals surface area contributed by atoms with Crippen molar-refractivity contribution in [2.75, 3.05) is 31.7 Å². The minimum Gasteiger partial charge on any atom is -0.493 e. The number of nitrogens with one attached hydrogen (secondary N) is 1. The van der Waals surface area contributed by atoms with Gasteiger partial charge in [-0.25, -0.2) is 8.42 Å². The van der Waals surface area contributed by atoms with Crippen molar-refractivity contribution < 1.29 is 22.7 Å². The molecule has 0 fully saturated rings. The molecule has 0 aliphatic carbocycles. The van der Waals surface area contributed by atoms with Crippen molar-refractivity contribution in [2.24, 2.45) is 0 Å². The smallest absolute Gasteiger partial charge is 0.254 e. The molecule has 0 unspecified atom stereocenters. The van der Waals surface area contributed by atoms with Crippen LogP contribution in [-0.2, 0) is 23.0 Å². The number of sulfonamides is 1. The zero-order valence-electron chi connectivity index (χ0n) is 15.5. The lowest BCUT2D eigenvalue weighted by Gasteiger charge is -2.30. The number of anilines is 1. The summed E-state index contributed by atoms with van der Waals surface area (Å²) in [5.74, 6) is 1.16. The number of amides is 1. The molecule has 0 spiro atoms. The first-order valence-electron chi connectivity index (χ1n) is 8.41. The Balaban J connectivity index is 1.83. The maximum atomic E-state index is 12.9. The van der Waals surface area contributed by atoms with E-state index in [1.165, 1.54) is 0 Å². The van der Waals surface area contributed by atoms with Gasteiger partial charge in [0.2, 0.25) is 10.0 Å². The summed E-state index contributed by atoms with van der Waals surface area (Å²) in [5, 5.41) is 0. The Hall–Kier alpha value is -2.74. The molecule has 1 amide bonds. The third-order valence-electron chi connectivity index (χ3n) is 4.42. The topological polar surface area (TPSA) is 84.9 Å². The number of ether oxygens (including phenoxy) is 2. The molecule has 1 aliphatic rings. The average molecular weight is 390 g/mol. The second-order valence-electron chi connectivity index (χ2n) is 6.41. The highest BCUT2D eigenvalue weighted by Crippen LogP contribution is 2.33. The van der Waals surface area contributed by atoms with E-state index >= 15 is 0 Å². The minimum absolute atomic E-state index is 0.146. The third kappa shape index (κ3) is 4.33. The molecule has 0 saturated heterocycles. The number of carbonyl (C=O) groups is 1. The van der Waals surface area contributed by atoms with Crippen molar-refractivity contribution in [1.29, 1.82) is 0 Å². The molecule has 0 bridgehead atoms. The Morgan fingerprint density at radius 2 is 1.74 bits per heavy atom. The lowest BCUT2D eigenvalue weighted by Crippen LogP contribution is -2.36. The van der Waals surface area contributed by atoms with Gasteiger partial charge < -0.3 is 14.4 Å². The fraction of sp³-hybridized carbons (Fsp3) is 0.316. The van der Waals surface area contributed by atoms with Gasteiger partial charge >= 0.3 is 0 Å². The summed E-state index contributed by atoms with van der Waals surface area (Å²) in [6.45, 7) is 1.03. The van der Waals surface area contributed by atoms with Crippen molar-refractivity contribution in [3.05, 3.63) is 53.1 Å². The molecule has 27 heavy (non-hydrogen) atoms. The van der Waals surface area contributed by atoms with E-state index in [9.17, 15) is 13.2 Å². The SMILES string of the molecule is COc1cc2c(cc1OC)CN(C(=O)c1cccc(NS(C)(=O)=O)c1)CC2. The number of hydrogen-bond acceptors (Lipinski definition) is 5. The molecule has 144 valence electrons. The molecule has 0 saturated carbocycles. The highest BCUT2D eigenvalue weighted by molar-refractivity contribution is 7.92. The fourth-order valence-corrected chi connectivity index (χ4v) is 3.72.